The number of aliphatic hydroxyl groups is 1. The lowest BCUT2D eigenvalue weighted by Gasteiger charge is -2.32. The summed E-state index contributed by atoms with van der Waals surface area (Å²) in [6.07, 6.45) is -0.434. The molecule has 3 atom stereocenters. The highest BCUT2D eigenvalue weighted by Crippen LogP contribution is 2.33. The number of β-lactam (4-membered cyclic amide) rings is 1. The highest BCUT2D eigenvalue weighted by atomic mass is 32.2. The van der Waals surface area contributed by atoms with Gasteiger partial charge in [-0.3, -0.25) is 9.69 Å². The zero-order chi connectivity index (χ0) is 7.30. The second-order valence-corrected chi connectivity index (χ2v) is 4.13. The van der Waals surface area contributed by atoms with Crippen LogP contribution in [0.25, 0.3) is 0 Å². The average molecular weight is 161 g/mol. The summed E-state index contributed by atoms with van der Waals surface area (Å²) in [5.74, 6) is 0.152. The van der Waals surface area contributed by atoms with Crippen molar-refractivity contribution in [2.75, 3.05) is 5.75 Å². The summed E-state index contributed by atoms with van der Waals surface area (Å²) in [6, 6.07) is 0. The van der Waals surface area contributed by atoms with E-state index < -0.39 is 17.4 Å². The average Bonchev–Trinajstić information content (AvgIpc) is 2.01. The number of aliphatic hydroxyl groups excluding tert-OH is 1. The third kappa shape index (κ3) is 0.624. The van der Waals surface area contributed by atoms with Crippen molar-refractivity contribution in [3.63, 3.8) is 0 Å². The topological polar surface area (TPSA) is 63.6 Å². The molecule has 0 radical (unpaired) electrons. The Balaban J connectivity index is 2.16. The number of fused-ring (bicyclic) bond motifs is 1. The third-order valence-electron chi connectivity index (χ3n) is 1.89. The minimum atomic E-state index is -1.01. The first-order valence-electron chi connectivity index (χ1n) is 3.06. The molecule has 0 bridgehead atoms. The van der Waals surface area contributed by atoms with Crippen molar-refractivity contribution < 1.29 is 14.5 Å². The van der Waals surface area contributed by atoms with E-state index in [1.165, 1.54) is 4.90 Å². The largest absolute Gasteiger partial charge is 0.615 e. The molecule has 2 aliphatic heterocycles. The van der Waals surface area contributed by atoms with Crippen LogP contribution in [0.5, 0.6) is 0 Å². The number of amides is 1. The summed E-state index contributed by atoms with van der Waals surface area (Å²) in [7, 11) is 0. The SMILES string of the molecule is O=C1C[C@@H]2N1C(O)C[S+]2[O-]. The van der Waals surface area contributed by atoms with E-state index in [0.29, 0.717) is 6.42 Å². The molecule has 56 valence electrons. The fourth-order valence-electron chi connectivity index (χ4n) is 1.32. The molecule has 4 nitrogen and oxygen atoms in total. The van der Waals surface area contributed by atoms with Gasteiger partial charge in [-0.25, -0.2) is 0 Å². The fraction of sp³-hybridized carbons (Fsp3) is 0.800. The van der Waals surface area contributed by atoms with E-state index in [4.69, 9.17) is 5.11 Å². The zero-order valence-corrected chi connectivity index (χ0v) is 6.00. The van der Waals surface area contributed by atoms with Crippen molar-refractivity contribution in [1.82, 2.24) is 4.90 Å². The van der Waals surface area contributed by atoms with Crippen LogP contribution in [0.2, 0.25) is 0 Å². The third-order valence-corrected chi connectivity index (χ3v) is 3.51. The second-order valence-electron chi connectivity index (χ2n) is 2.49. The molecule has 0 saturated carbocycles. The second kappa shape index (κ2) is 1.87. The van der Waals surface area contributed by atoms with E-state index in [1.54, 1.807) is 0 Å². The van der Waals surface area contributed by atoms with Gasteiger partial charge >= 0.3 is 0 Å². The van der Waals surface area contributed by atoms with Crippen LogP contribution in [0.3, 0.4) is 0 Å². The quantitative estimate of drug-likeness (QED) is 0.352. The molecule has 2 aliphatic rings. The predicted molar refractivity (Wildman–Crippen MR) is 34.3 cm³/mol. The van der Waals surface area contributed by atoms with E-state index in [0.717, 1.165) is 0 Å². The van der Waals surface area contributed by atoms with Crippen LogP contribution in [-0.2, 0) is 16.0 Å². The Morgan fingerprint density at radius 3 is 2.90 bits per heavy atom. The van der Waals surface area contributed by atoms with Crippen molar-refractivity contribution in [2.45, 2.75) is 18.0 Å². The predicted octanol–water partition coefficient (Wildman–Crippen LogP) is -1.37. The first kappa shape index (κ1) is 6.45. The molecule has 2 fully saturated rings. The molecule has 2 saturated heterocycles. The highest BCUT2D eigenvalue weighted by Gasteiger charge is 2.54. The first-order chi connectivity index (χ1) is 4.70. The van der Waals surface area contributed by atoms with Gasteiger partial charge in [-0.15, -0.1) is 0 Å². The van der Waals surface area contributed by atoms with Crippen LogP contribution < -0.4 is 0 Å². The molecule has 0 aromatic heterocycles. The molecule has 0 aromatic carbocycles. The normalized spacial score (nSPS) is 45.2. The number of carbonyl (C=O) groups excluding carboxylic acids is 1. The zero-order valence-electron chi connectivity index (χ0n) is 5.19. The van der Waals surface area contributed by atoms with Crippen LogP contribution in [0.1, 0.15) is 6.42 Å². The van der Waals surface area contributed by atoms with Gasteiger partial charge in [-0.2, -0.15) is 0 Å². The summed E-state index contributed by atoms with van der Waals surface area (Å²) in [5, 5.41) is 8.89. The molecule has 10 heavy (non-hydrogen) atoms. The van der Waals surface area contributed by atoms with Crippen molar-refractivity contribution >= 4 is 17.1 Å². The van der Waals surface area contributed by atoms with E-state index in [-0.39, 0.29) is 17.0 Å². The Kier molecular flexibility index (Phi) is 1.21. The van der Waals surface area contributed by atoms with E-state index >= 15 is 0 Å². The van der Waals surface area contributed by atoms with Gasteiger partial charge in [0.05, 0.1) is 6.42 Å². The van der Waals surface area contributed by atoms with Gasteiger partial charge in [0.25, 0.3) is 0 Å². The van der Waals surface area contributed by atoms with Gasteiger partial charge in [-0.05, 0) is 11.2 Å². The number of hydrogen-bond acceptors (Lipinski definition) is 3. The lowest BCUT2D eigenvalue weighted by molar-refractivity contribution is -0.152. The number of rotatable bonds is 0. The van der Waals surface area contributed by atoms with Gasteiger partial charge in [0.1, 0.15) is 0 Å². The number of carbonyl (C=O) groups is 1. The van der Waals surface area contributed by atoms with Crippen molar-refractivity contribution in [3.8, 4) is 0 Å². The van der Waals surface area contributed by atoms with E-state index in [9.17, 15) is 9.35 Å². The maximum atomic E-state index is 10.9. The van der Waals surface area contributed by atoms with Crippen LogP contribution in [0.15, 0.2) is 0 Å². The molecule has 1 N–H and O–H groups in total. The summed E-state index contributed by atoms with van der Waals surface area (Å²) >= 11 is -1.01. The molecular formula is C5H7NO3S. The molecule has 1 amide bonds. The Bertz CT molecular complexity index is 186. The maximum absolute atomic E-state index is 10.9. The smallest absolute Gasteiger partial charge is 0.235 e. The Morgan fingerprint density at radius 2 is 2.50 bits per heavy atom. The summed E-state index contributed by atoms with van der Waals surface area (Å²) in [5.41, 5.74) is 0. The number of hydrogen-bond donors (Lipinski definition) is 1. The van der Waals surface area contributed by atoms with Gasteiger partial charge in [0.15, 0.2) is 12.0 Å². The molecule has 2 unspecified atom stereocenters. The molecule has 0 spiro atoms. The van der Waals surface area contributed by atoms with Gasteiger partial charge in [0, 0.05) is 0 Å². The van der Waals surface area contributed by atoms with Gasteiger partial charge < -0.3 is 9.66 Å². The van der Waals surface area contributed by atoms with Gasteiger partial charge in [0.2, 0.25) is 11.3 Å². The van der Waals surface area contributed by atoms with Crippen LogP contribution in [0.4, 0.5) is 0 Å². The summed E-state index contributed by atoms with van der Waals surface area (Å²) < 4.78 is 10.9. The number of nitrogens with zero attached hydrogens (tertiary/aromatic N) is 1. The minimum Gasteiger partial charge on any atom is -0.615 e. The van der Waals surface area contributed by atoms with Crippen LogP contribution >= 0.6 is 0 Å². The first-order valence-corrected chi connectivity index (χ1v) is 4.45. The van der Waals surface area contributed by atoms with Crippen molar-refractivity contribution in [3.05, 3.63) is 0 Å². The van der Waals surface area contributed by atoms with Crippen LogP contribution in [-0.4, -0.2) is 37.8 Å². The minimum absolute atomic E-state index is 0.0802. The van der Waals surface area contributed by atoms with Gasteiger partial charge in [-0.1, -0.05) is 0 Å². The molecule has 2 heterocycles. The monoisotopic (exact) mass is 161 g/mol. The maximum Gasteiger partial charge on any atom is 0.235 e. The Morgan fingerprint density at radius 1 is 1.80 bits per heavy atom. The highest BCUT2D eigenvalue weighted by molar-refractivity contribution is 7.92. The summed E-state index contributed by atoms with van der Waals surface area (Å²) in [4.78, 5) is 12.0. The van der Waals surface area contributed by atoms with E-state index in [1.807, 2.05) is 0 Å². The van der Waals surface area contributed by atoms with Crippen molar-refractivity contribution in [2.24, 2.45) is 0 Å². The lowest BCUT2D eigenvalue weighted by atomic mass is 10.2. The Hall–Kier alpha value is -0.260. The lowest BCUT2D eigenvalue weighted by Crippen LogP contribution is -2.53. The standard InChI is InChI=1S/C5H7NO3S/c7-3-1-5-6(3)4(8)2-10(5)9/h4-5,8H,1-2H2/t4?,5-,10?/m1/s1. The molecule has 5 heteroatoms. The molecule has 0 aromatic rings. The van der Waals surface area contributed by atoms with Crippen molar-refractivity contribution in [1.29, 1.82) is 0 Å². The molecule has 2 rings (SSSR count). The van der Waals surface area contributed by atoms with E-state index in [2.05, 4.69) is 0 Å². The fourth-order valence-corrected chi connectivity index (χ4v) is 2.83. The summed E-state index contributed by atoms with van der Waals surface area (Å²) in [6.45, 7) is 0. The van der Waals surface area contributed by atoms with Crippen LogP contribution in [0, 0.1) is 0 Å². The Labute approximate surface area is 61.0 Å². The molecular weight excluding hydrogens is 154 g/mol. The molecule has 0 aliphatic carbocycles.